The molecule has 0 unspecified atom stereocenters. The smallest absolute Gasteiger partial charge is 0.307 e. The Bertz CT molecular complexity index is 591. The van der Waals surface area contributed by atoms with E-state index in [4.69, 9.17) is 14.6 Å². The largest absolute Gasteiger partial charge is 0.481 e. The molecule has 21 heavy (non-hydrogen) atoms. The van der Waals surface area contributed by atoms with E-state index in [1.807, 2.05) is 30.5 Å². The lowest BCUT2D eigenvalue weighted by molar-refractivity contribution is -0.136. The first-order valence-electron chi connectivity index (χ1n) is 7.07. The molecule has 0 saturated carbocycles. The highest BCUT2D eigenvalue weighted by Crippen LogP contribution is 2.21. The Labute approximate surface area is 124 Å². The van der Waals surface area contributed by atoms with Crippen molar-refractivity contribution in [2.75, 3.05) is 26.9 Å². The summed E-state index contributed by atoms with van der Waals surface area (Å²) < 4.78 is 12.6. The number of methoxy groups -OCH3 is 1. The molecule has 1 aromatic carbocycles. The Morgan fingerprint density at radius 1 is 1.24 bits per heavy atom. The van der Waals surface area contributed by atoms with E-state index in [2.05, 4.69) is 4.57 Å². The molecule has 5 heteroatoms. The van der Waals surface area contributed by atoms with Crippen LogP contribution in [0, 0.1) is 0 Å². The normalized spacial score (nSPS) is 11.1. The van der Waals surface area contributed by atoms with Crippen LogP contribution in [0.1, 0.15) is 12.0 Å². The first kappa shape index (κ1) is 15.5. The zero-order valence-corrected chi connectivity index (χ0v) is 12.2. The van der Waals surface area contributed by atoms with Crippen molar-refractivity contribution >= 4 is 16.9 Å². The monoisotopic (exact) mass is 291 g/mol. The van der Waals surface area contributed by atoms with Gasteiger partial charge in [-0.1, -0.05) is 18.2 Å². The fourth-order valence-corrected chi connectivity index (χ4v) is 2.38. The summed E-state index contributed by atoms with van der Waals surface area (Å²) in [5.74, 6) is -0.811. The van der Waals surface area contributed by atoms with E-state index in [1.54, 1.807) is 7.11 Å². The summed E-state index contributed by atoms with van der Waals surface area (Å²) in [6.45, 7) is 2.70. The Morgan fingerprint density at radius 3 is 2.81 bits per heavy atom. The van der Waals surface area contributed by atoms with Gasteiger partial charge >= 0.3 is 5.97 Å². The second-order valence-corrected chi connectivity index (χ2v) is 4.89. The number of carbonyl (C=O) groups is 1. The molecule has 1 N–H and O–H groups in total. The van der Waals surface area contributed by atoms with Gasteiger partial charge in [0.1, 0.15) is 0 Å². The van der Waals surface area contributed by atoms with E-state index < -0.39 is 5.97 Å². The van der Waals surface area contributed by atoms with Crippen LogP contribution in [0.2, 0.25) is 0 Å². The Balaban J connectivity index is 2.00. The maximum atomic E-state index is 10.9. The van der Waals surface area contributed by atoms with Crippen LogP contribution in [0.15, 0.2) is 30.5 Å². The highest BCUT2D eigenvalue weighted by Gasteiger charge is 2.10. The summed E-state index contributed by atoms with van der Waals surface area (Å²) in [7, 11) is 1.68. The van der Waals surface area contributed by atoms with Gasteiger partial charge in [-0.15, -0.1) is 0 Å². The Kier molecular flexibility index (Phi) is 5.78. The summed E-state index contributed by atoms with van der Waals surface area (Å²) in [6.07, 6.45) is 2.84. The molecule has 5 nitrogen and oxygen atoms in total. The lowest BCUT2D eigenvalue weighted by Crippen LogP contribution is -2.07. The average molecular weight is 291 g/mol. The van der Waals surface area contributed by atoms with Crippen LogP contribution in [0.5, 0.6) is 0 Å². The molecule has 0 amide bonds. The molecule has 0 spiro atoms. The van der Waals surface area contributed by atoms with Gasteiger partial charge in [0.15, 0.2) is 0 Å². The van der Waals surface area contributed by atoms with Crippen LogP contribution in [-0.4, -0.2) is 42.6 Å². The molecule has 0 saturated heterocycles. The van der Waals surface area contributed by atoms with Gasteiger partial charge in [-0.05, 0) is 18.1 Å². The standard InChI is InChI=1S/C16H21NO4/c1-20-8-4-9-21-10-7-17-12-13(11-16(18)19)14-5-2-3-6-15(14)17/h2-3,5-6,12H,4,7-11H2,1H3,(H,18,19). The van der Waals surface area contributed by atoms with Crippen molar-refractivity contribution < 1.29 is 19.4 Å². The Hall–Kier alpha value is -1.85. The van der Waals surface area contributed by atoms with E-state index in [9.17, 15) is 4.79 Å². The fourth-order valence-electron chi connectivity index (χ4n) is 2.38. The molecule has 0 aliphatic carbocycles. The highest BCUT2D eigenvalue weighted by atomic mass is 16.5. The number of hydrogen-bond acceptors (Lipinski definition) is 3. The Morgan fingerprint density at radius 2 is 2.05 bits per heavy atom. The van der Waals surface area contributed by atoms with Crippen LogP contribution in [0.3, 0.4) is 0 Å². The molecule has 0 atom stereocenters. The van der Waals surface area contributed by atoms with Gasteiger partial charge in [0.25, 0.3) is 0 Å². The predicted molar refractivity (Wildman–Crippen MR) is 80.6 cm³/mol. The third-order valence-corrected chi connectivity index (χ3v) is 3.33. The van der Waals surface area contributed by atoms with E-state index in [1.165, 1.54) is 0 Å². The van der Waals surface area contributed by atoms with Crippen LogP contribution in [0.25, 0.3) is 10.9 Å². The van der Waals surface area contributed by atoms with Crippen molar-refractivity contribution in [3.05, 3.63) is 36.0 Å². The average Bonchev–Trinajstić information content (AvgIpc) is 2.81. The molecule has 2 aromatic rings. The first-order valence-corrected chi connectivity index (χ1v) is 7.07. The summed E-state index contributed by atoms with van der Waals surface area (Å²) in [5, 5.41) is 9.99. The number of rotatable bonds is 9. The first-order chi connectivity index (χ1) is 10.2. The minimum Gasteiger partial charge on any atom is -0.481 e. The SMILES string of the molecule is COCCCOCCn1cc(CC(=O)O)c2ccccc21. The summed E-state index contributed by atoms with van der Waals surface area (Å²) in [6, 6.07) is 7.86. The third kappa shape index (κ3) is 4.31. The van der Waals surface area contributed by atoms with Crippen molar-refractivity contribution in [2.24, 2.45) is 0 Å². The van der Waals surface area contributed by atoms with Gasteiger partial charge in [-0.25, -0.2) is 0 Å². The fraction of sp³-hybridized carbons (Fsp3) is 0.438. The number of para-hydroxylation sites is 1. The highest BCUT2D eigenvalue weighted by molar-refractivity contribution is 5.87. The van der Waals surface area contributed by atoms with Gasteiger partial charge in [-0.3, -0.25) is 4.79 Å². The maximum Gasteiger partial charge on any atom is 0.307 e. The molecule has 0 fully saturated rings. The number of ether oxygens (including phenoxy) is 2. The third-order valence-electron chi connectivity index (χ3n) is 3.33. The van der Waals surface area contributed by atoms with Crippen molar-refractivity contribution in [1.29, 1.82) is 0 Å². The van der Waals surface area contributed by atoms with E-state index >= 15 is 0 Å². The number of carboxylic acids is 1. The lowest BCUT2D eigenvalue weighted by atomic mass is 10.1. The van der Waals surface area contributed by atoms with Crippen molar-refractivity contribution in [3.63, 3.8) is 0 Å². The number of benzene rings is 1. The topological polar surface area (TPSA) is 60.7 Å². The number of carboxylic acid groups (broad SMARTS) is 1. The van der Waals surface area contributed by atoms with Crippen molar-refractivity contribution in [2.45, 2.75) is 19.4 Å². The molecular formula is C16H21NO4. The number of fused-ring (bicyclic) bond motifs is 1. The second-order valence-electron chi connectivity index (χ2n) is 4.89. The van der Waals surface area contributed by atoms with Crippen LogP contribution in [-0.2, 0) is 27.2 Å². The van der Waals surface area contributed by atoms with Crippen LogP contribution < -0.4 is 0 Å². The quantitative estimate of drug-likeness (QED) is 0.720. The number of aliphatic carboxylic acids is 1. The molecule has 0 bridgehead atoms. The number of hydrogen-bond donors (Lipinski definition) is 1. The van der Waals surface area contributed by atoms with Crippen LogP contribution in [0.4, 0.5) is 0 Å². The summed E-state index contributed by atoms with van der Waals surface area (Å²) in [4.78, 5) is 10.9. The second kappa shape index (κ2) is 7.81. The molecular weight excluding hydrogens is 270 g/mol. The zero-order valence-electron chi connectivity index (χ0n) is 12.2. The predicted octanol–water partition coefficient (Wildman–Crippen LogP) is 2.32. The molecule has 1 heterocycles. The van der Waals surface area contributed by atoms with E-state index in [-0.39, 0.29) is 6.42 Å². The van der Waals surface area contributed by atoms with Gasteiger partial charge in [0.2, 0.25) is 0 Å². The van der Waals surface area contributed by atoms with Gasteiger partial charge < -0.3 is 19.1 Å². The van der Waals surface area contributed by atoms with E-state index in [0.717, 1.165) is 22.9 Å². The van der Waals surface area contributed by atoms with Crippen molar-refractivity contribution in [1.82, 2.24) is 4.57 Å². The number of aromatic nitrogens is 1. The van der Waals surface area contributed by atoms with Gasteiger partial charge in [0.05, 0.1) is 13.0 Å². The van der Waals surface area contributed by atoms with E-state index in [0.29, 0.717) is 26.4 Å². The molecule has 0 aliphatic rings. The van der Waals surface area contributed by atoms with Gasteiger partial charge in [0, 0.05) is 44.0 Å². The maximum absolute atomic E-state index is 10.9. The minimum absolute atomic E-state index is 0.0439. The van der Waals surface area contributed by atoms with Gasteiger partial charge in [-0.2, -0.15) is 0 Å². The van der Waals surface area contributed by atoms with Crippen molar-refractivity contribution in [3.8, 4) is 0 Å². The summed E-state index contributed by atoms with van der Waals surface area (Å²) >= 11 is 0. The zero-order chi connectivity index (χ0) is 15.1. The van der Waals surface area contributed by atoms with Crippen LogP contribution >= 0.6 is 0 Å². The summed E-state index contributed by atoms with van der Waals surface area (Å²) in [5.41, 5.74) is 1.90. The number of nitrogens with zero attached hydrogens (tertiary/aromatic N) is 1. The molecule has 0 aliphatic heterocycles. The molecule has 1 aromatic heterocycles. The molecule has 0 radical (unpaired) electrons. The minimum atomic E-state index is -0.811. The lowest BCUT2D eigenvalue weighted by Gasteiger charge is -2.06. The molecule has 2 rings (SSSR count). The molecule has 114 valence electrons.